The van der Waals surface area contributed by atoms with Gasteiger partial charge < -0.3 is 14.7 Å². The topological polar surface area (TPSA) is 66.5 Å². The Kier molecular flexibility index (Phi) is 4.90. The summed E-state index contributed by atoms with van der Waals surface area (Å²) in [4.78, 5) is 10.9. The van der Waals surface area contributed by atoms with Crippen LogP contribution < -0.4 is 5.32 Å². The van der Waals surface area contributed by atoms with Gasteiger partial charge >= 0.3 is 0 Å². The van der Waals surface area contributed by atoms with Crippen LogP contribution in [0.4, 0.5) is 0 Å². The molecule has 0 saturated carbocycles. The fourth-order valence-electron chi connectivity index (χ4n) is 3.01. The Morgan fingerprint density at radius 3 is 2.91 bits per heavy atom. The summed E-state index contributed by atoms with van der Waals surface area (Å²) >= 11 is 0. The number of likely N-dealkylation sites (tertiary alicyclic amines) is 1. The van der Waals surface area contributed by atoms with Crippen molar-refractivity contribution in [3.63, 3.8) is 0 Å². The number of benzene rings is 1. The van der Waals surface area contributed by atoms with E-state index in [4.69, 9.17) is 4.52 Å². The molecule has 1 aromatic carbocycles. The number of hydrogen-bond donors (Lipinski definition) is 1. The maximum atomic E-state index is 5.13. The normalized spacial score (nSPS) is 18.4. The summed E-state index contributed by atoms with van der Waals surface area (Å²) in [5.41, 5.74) is 1.41. The summed E-state index contributed by atoms with van der Waals surface area (Å²) in [6, 6.07) is 10.7. The number of aryl methyl sites for hydroxylation is 1. The van der Waals surface area contributed by atoms with Crippen LogP contribution in [-0.4, -0.2) is 47.7 Å². The average molecular weight is 313 g/mol. The van der Waals surface area contributed by atoms with Crippen LogP contribution in [0.5, 0.6) is 0 Å². The van der Waals surface area contributed by atoms with Crippen LogP contribution in [0.1, 0.15) is 29.6 Å². The molecular formula is C17H23N5O. The Bertz CT molecular complexity index is 652. The van der Waals surface area contributed by atoms with Gasteiger partial charge in [0.05, 0.1) is 0 Å². The monoisotopic (exact) mass is 313 g/mol. The minimum Gasteiger partial charge on any atom is -0.356 e. The molecule has 0 spiro atoms. The first-order chi connectivity index (χ1) is 11.3. The zero-order chi connectivity index (χ0) is 16.1. The second-order valence-electron chi connectivity index (χ2n) is 5.80. The smallest absolute Gasteiger partial charge is 0.228 e. The van der Waals surface area contributed by atoms with Crippen molar-refractivity contribution in [3.8, 4) is 0 Å². The Hall–Kier alpha value is -2.37. The first-order valence-corrected chi connectivity index (χ1v) is 8.06. The maximum absolute atomic E-state index is 5.13. The number of aromatic nitrogens is 2. The number of nitrogens with one attached hydrogen (secondary N) is 1. The van der Waals surface area contributed by atoms with Crippen LogP contribution in [0.25, 0.3) is 0 Å². The molecule has 122 valence electrons. The lowest BCUT2D eigenvalue weighted by molar-refractivity contribution is 0.373. The average Bonchev–Trinajstić information content (AvgIpc) is 3.22. The van der Waals surface area contributed by atoms with Gasteiger partial charge in [0.1, 0.15) is 0 Å². The van der Waals surface area contributed by atoms with E-state index >= 15 is 0 Å². The summed E-state index contributed by atoms with van der Waals surface area (Å²) in [7, 11) is 1.83. The van der Waals surface area contributed by atoms with Crippen molar-refractivity contribution in [2.75, 3.05) is 26.7 Å². The van der Waals surface area contributed by atoms with Crippen molar-refractivity contribution < 1.29 is 4.52 Å². The second-order valence-corrected chi connectivity index (χ2v) is 5.80. The van der Waals surface area contributed by atoms with E-state index in [2.05, 4.69) is 55.7 Å². The fraction of sp³-hybridized carbons (Fsp3) is 0.471. The van der Waals surface area contributed by atoms with E-state index in [9.17, 15) is 0 Å². The number of rotatable bonds is 4. The summed E-state index contributed by atoms with van der Waals surface area (Å²) in [5.74, 6) is 2.86. The van der Waals surface area contributed by atoms with Crippen molar-refractivity contribution in [1.29, 1.82) is 0 Å². The molecule has 0 aliphatic carbocycles. The van der Waals surface area contributed by atoms with Gasteiger partial charge in [0.2, 0.25) is 5.89 Å². The van der Waals surface area contributed by atoms with Crippen LogP contribution in [0.15, 0.2) is 39.8 Å². The van der Waals surface area contributed by atoms with Gasteiger partial charge in [-0.2, -0.15) is 4.98 Å². The van der Waals surface area contributed by atoms with Crippen molar-refractivity contribution in [2.45, 2.75) is 25.7 Å². The van der Waals surface area contributed by atoms with E-state index in [1.807, 2.05) is 14.0 Å². The molecule has 0 amide bonds. The van der Waals surface area contributed by atoms with Crippen LogP contribution in [0.2, 0.25) is 0 Å². The first-order valence-electron chi connectivity index (χ1n) is 8.06. The van der Waals surface area contributed by atoms with E-state index in [0.29, 0.717) is 24.1 Å². The van der Waals surface area contributed by atoms with Crippen LogP contribution in [-0.2, 0) is 6.42 Å². The molecule has 6 heteroatoms. The lowest BCUT2D eigenvalue weighted by atomic mass is 9.99. The highest BCUT2D eigenvalue weighted by Crippen LogP contribution is 2.26. The molecule has 1 aliphatic rings. The van der Waals surface area contributed by atoms with Crippen molar-refractivity contribution in [2.24, 2.45) is 4.99 Å². The summed E-state index contributed by atoms with van der Waals surface area (Å²) in [6.45, 7) is 4.59. The molecule has 23 heavy (non-hydrogen) atoms. The minimum absolute atomic E-state index is 0.577. The third-order valence-electron chi connectivity index (χ3n) is 4.16. The van der Waals surface area contributed by atoms with Gasteiger partial charge in [0.25, 0.3) is 0 Å². The zero-order valence-corrected chi connectivity index (χ0v) is 13.7. The van der Waals surface area contributed by atoms with Gasteiger partial charge in [0, 0.05) is 39.0 Å². The summed E-state index contributed by atoms with van der Waals surface area (Å²) in [5, 5.41) is 7.19. The van der Waals surface area contributed by atoms with Crippen molar-refractivity contribution >= 4 is 5.96 Å². The highest BCUT2D eigenvalue weighted by Gasteiger charge is 2.25. The number of aliphatic imine (C=N–C) groups is 1. The maximum Gasteiger partial charge on any atom is 0.228 e. The third kappa shape index (κ3) is 3.88. The van der Waals surface area contributed by atoms with Crippen LogP contribution >= 0.6 is 0 Å². The number of nitrogens with zero attached hydrogens (tertiary/aromatic N) is 4. The Morgan fingerprint density at radius 2 is 2.22 bits per heavy atom. The van der Waals surface area contributed by atoms with Gasteiger partial charge in [-0.05, 0) is 18.9 Å². The highest BCUT2D eigenvalue weighted by molar-refractivity contribution is 5.80. The minimum atomic E-state index is 0.577. The van der Waals surface area contributed by atoms with E-state index in [-0.39, 0.29) is 0 Å². The number of hydrogen-bond acceptors (Lipinski definition) is 4. The molecule has 1 aromatic heterocycles. The molecular weight excluding hydrogens is 290 g/mol. The molecule has 6 nitrogen and oxygen atoms in total. The Balaban J connectivity index is 1.51. The van der Waals surface area contributed by atoms with Gasteiger partial charge in [-0.1, -0.05) is 35.5 Å². The van der Waals surface area contributed by atoms with E-state index in [1.165, 1.54) is 5.56 Å². The molecule has 1 N–H and O–H groups in total. The van der Waals surface area contributed by atoms with Crippen LogP contribution in [0, 0.1) is 6.92 Å². The molecule has 1 unspecified atom stereocenters. The highest BCUT2D eigenvalue weighted by atomic mass is 16.5. The quantitative estimate of drug-likeness (QED) is 0.690. The molecule has 1 saturated heterocycles. The van der Waals surface area contributed by atoms with Crippen molar-refractivity contribution in [3.05, 3.63) is 47.6 Å². The van der Waals surface area contributed by atoms with Gasteiger partial charge in [-0.15, -0.1) is 0 Å². The second kappa shape index (κ2) is 7.26. The molecule has 2 heterocycles. The Morgan fingerprint density at radius 1 is 1.39 bits per heavy atom. The largest absolute Gasteiger partial charge is 0.356 e. The van der Waals surface area contributed by atoms with E-state index in [1.54, 1.807) is 0 Å². The summed E-state index contributed by atoms with van der Waals surface area (Å²) in [6.07, 6.45) is 1.86. The van der Waals surface area contributed by atoms with Crippen molar-refractivity contribution in [1.82, 2.24) is 20.4 Å². The lowest BCUT2D eigenvalue weighted by Gasteiger charge is -2.21. The molecule has 2 aromatic rings. The SMILES string of the molecule is CN=C(NCCc1nc(C)no1)N1CCC(c2ccccc2)C1. The molecule has 0 bridgehead atoms. The molecule has 0 radical (unpaired) electrons. The van der Waals surface area contributed by atoms with Crippen LogP contribution in [0.3, 0.4) is 0 Å². The van der Waals surface area contributed by atoms with E-state index < -0.39 is 0 Å². The first kappa shape index (κ1) is 15.5. The Labute approximate surface area is 136 Å². The van der Waals surface area contributed by atoms with E-state index in [0.717, 1.165) is 32.0 Å². The molecule has 1 atom stereocenters. The van der Waals surface area contributed by atoms with Gasteiger partial charge in [0.15, 0.2) is 11.8 Å². The fourth-order valence-corrected chi connectivity index (χ4v) is 3.01. The predicted molar refractivity (Wildman–Crippen MR) is 89.5 cm³/mol. The molecule has 1 fully saturated rings. The molecule has 3 rings (SSSR count). The van der Waals surface area contributed by atoms with Gasteiger partial charge in [-0.25, -0.2) is 0 Å². The lowest BCUT2D eigenvalue weighted by Crippen LogP contribution is -2.40. The third-order valence-corrected chi connectivity index (χ3v) is 4.16. The predicted octanol–water partition coefficient (Wildman–Crippen LogP) is 1.99. The molecule has 1 aliphatic heterocycles. The standard InChI is InChI=1S/C17H23N5O/c1-13-20-16(23-21-13)8-10-19-17(18-2)22-11-9-15(12-22)14-6-4-3-5-7-14/h3-7,15H,8-12H2,1-2H3,(H,18,19). The number of guanidine groups is 1. The zero-order valence-electron chi connectivity index (χ0n) is 13.7. The van der Waals surface area contributed by atoms with Gasteiger partial charge in [-0.3, -0.25) is 4.99 Å². The summed E-state index contributed by atoms with van der Waals surface area (Å²) < 4.78 is 5.13.